The van der Waals surface area contributed by atoms with Gasteiger partial charge in [-0.25, -0.2) is 4.79 Å². The molecule has 0 radical (unpaired) electrons. The van der Waals surface area contributed by atoms with Crippen molar-refractivity contribution in [1.29, 1.82) is 0 Å². The summed E-state index contributed by atoms with van der Waals surface area (Å²) in [7, 11) is 3.18. The molecule has 0 unspecified atom stereocenters. The SMILES string of the molecule is CCOC(=O)c1c(-c2ccc(O)c(C(=O)Nc3cccc(Cc4ccccc4)c3)c2)c(C)n2c1-c1cc(OC)c(OC)cc1CC2. The van der Waals surface area contributed by atoms with E-state index in [1.165, 1.54) is 11.6 Å². The molecule has 8 heteroatoms. The third-order valence-electron chi connectivity index (χ3n) is 8.44. The number of fused-ring (bicyclic) bond motifs is 3. The van der Waals surface area contributed by atoms with Crippen LogP contribution < -0.4 is 14.8 Å². The predicted molar refractivity (Wildman–Crippen MR) is 178 cm³/mol. The summed E-state index contributed by atoms with van der Waals surface area (Å²) in [4.78, 5) is 27.3. The molecule has 46 heavy (non-hydrogen) atoms. The zero-order valence-electron chi connectivity index (χ0n) is 26.3. The molecule has 4 aromatic carbocycles. The lowest BCUT2D eigenvalue weighted by molar-refractivity contribution is 0.0528. The van der Waals surface area contributed by atoms with Gasteiger partial charge in [0.1, 0.15) is 5.75 Å². The second kappa shape index (κ2) is 12.9. The lowest BCUT2D eigenvalue weighted by Crippen LogP contribution is -2.15. The number of carbonyl (C=O) groups excluding carboxylic acids is 2. The first-order valence-corrected chi connectivity index (χ1v) is 15.3. The Bertz CT molecular complexity index is 1940. The standard InChI is InChI=1S/C38H36N2O6/c1-5-46-38(43)35-34(23(2)40-17-16-26-21-32(44-3)33(45-4)22-29(26)36(35)40)27-14-15-31(41)30(20-27)37(42)39-28-13-9-12-25(19-28)18-24-10-7-6-8-11-24/h6-15,19-22,41H,5,16-18H2,1-4H3,(H,39,42). The Morgan fingerprint density at radius 3 is 2.37 bits per heavy atom. The quantitative estimate of drug-likeness (QED) is 0.167. The number of rotatable bonds is 9. The molecule has 0 atom stereocenters. The monoisotopic (exact) mass is 616 g/mol. The number of aromatic nitrogens is 1. The lowest BCUT2D eigenvalue weighted by Gasteiger charge is -2.23. The predicted octanol–water partition coefficient (Wildman–Crippen LogP) is 7.43. The van der Waals surface area contributed by atoms with Crippen LogP contribution >= 0.6 is 0 Å². The van der Waals surface area contributed by atoms with Crippen LogP contribution in [0, 0.1) is 6.92 Å². The molecule has 1 aromatic heterocycles. The summed E-state index contributed by atoms with van der Waals surface area (Å²) in [6.07, 6.45) is 1.45. The Morgan fingerprint density at radius 1 is 0.891 bits per heavy atom. The van der Waals surface area contributed by atoms with Gasteiger partial charge in [0.25, 0.3) is 5.91 Å². The molecule has 2 heterocycles. The van der Waals surface area contributed by atoms with Crippen molar-refractivity contribution >= 4 is 17.6 Å². The van der Waals surface area contributed by atoms with Crippen LogP contribution in [0.25, 0.3) is 22.4 Å². The molecule has 2 N–H and O–H groups in total. The Kier molecular flexibility index (Phi) is 8.53. The summed E-state index contributed by atoms with van der Waals surface area (Å²) < 4.78 is 18.8. The highest BCUT2D eigenvalue weighted by Gasteiger charge is 2.33. The van der Waals surface area contributed by atoms with Crippen molar-refractivity contribution in [3.63, 3.8) is 0 Å². The third kappa shape index (κ3) is 5.70. The van der Waals surface area contributed by atoms with E-state index in [0.29, 0.717) is 40.4 Å². The van der Waals surface area contributed by atoms with Crippen molar-refractivity contribution in [2.24, 2.45) is 0 Å². The molecule has 1 aliphatic heterocycles. The van der Waals surface area contributed by atoms with Gasteiger partial charge in [-0.2, -0.15) is 0 Å². The molecule has 0 aliphatic carbocycles. The van der Waals surface area contributed by atoms with Crippen molar-refractivity contribution in [1.82, 2.24) is 4.57 Å². The number of nitrogens with zero attached hydrogens (tertiary/aromatic N) is 1. The highest BCUT2D eigenvalue weighted by atomic mass is 16.5. The molecule has 6 rings (SSSR count). The van der Waals surface area contributed by atoms with Gasteiger partial charge in [-0.3, -0.25) is 4.79 Å². The number of hydrogen-bond donors (Lipinski definition) is 2. The number of esters is 1. The fourth-order valence-electron chi connectivity index (χ4n) is 6.29. The third-order valence-corrected chi connectivity index (χ3v) is 8.44. The van der Waals surface area contributed by atoms with E-state index < -0.39 is 11.9 Å². The average Bonchev–Trinajstić information content (AvgIpc) is 3.37. The van der Waals surface area contributed by atoms with Crippen molar-refractivity contribution in [2.45, 2.75) is 33.2 Å². The molecular formula is C38H36N2O6. The summed E-state index contributed by atoms with van der Waals surface area (Å²) >= 11 is 0. The fourth-order valence-corrected chi connectivity index (χ4v) is 6.29. The summed E-state index contributed by atoms with van der Waals surface area (Å²) in [5.74, 6) is 0.0872. The zero-order valence-corrected chi connectivity index (χ0v) is 26.3. The van der Waals surface area contributed by atoms with Crippen LogP contribution in [0.3, 0.4) is 0 Å². The van der Waals surface area contributed by atoms with Crippen molar-refractivity contribution in [2.75, 3.05) is 26.1 Å². The van der Waals surface area contributed by atoms with Gasteiger partial charge >= 0.3 is 5.97 Å². The van der Waals surface area contributed by atoms with Crippen LogP contribution in [0.15, 0.2) is 84.9 Å². The maximum Gasteiger partial charge on any atom is 0.340 e. The van der Waals surface area contributed by atoms with Crippen molar-refractivity contribution in [3.05, 3.63) is 118 Å². The summed E-state index contributed by atoms with van der Waals surface area (Å²) in [6, 6.07) is 26.4. The van der Waals surface area contributed by atoms with Crippen LogP contribution in [0.1, 0.15) is 50.0 Å². The van der Waals surface area contributed by atoms with Crippen LogP contribution in [-0.2, 0) is 24.1 Å². The molecule has 0 saturated heterocycles. The lowest BCUT2D eigenvalue weighted by atomic mass is 9.92. The van der Waals surface area contributed by atoms with Gasteiger partial charge < -0.3 is 29.2 Å². The molecule has 8 nitrogen and oxygen atoms in total. The minimum absolute atomic E-state index is 0.0937. The van der Waals surface area contributed by atoms with E-state index in [0.717, 1.165) is 40.9 Å². The van der Waals surface area contributed by atoms with E-state index in [1.807, 2.05) is 61.5 Å². The van der Waals surface area contributed by atoms with Gasteiger partial charge in [0.2, 0.25) is 0 Å². The fraction of sp³-hybridized carbons (Fsp3) is 0.211. The van der Waals surface area contributed by atoms with Gasteiger partial charge in [0.05, 0.1) is 37.6 Å². The molecule has 0 bridgehead atoms. The molecule has 1 aliphatic rings. The molecule has 234 valence electrons. The molecule has 0 saturated carbocycles. The number of hydrogen-bond acceptors (Lipinski definition) is 6. The first-order valence-electron chi connectivity index (χ1n) is 15.3. The van der Waals surface area contributed by atoms with Crippen molar-refractivity contribution < 1.29 is 28.9 Å². The molecule has 0 fully saturated rings. The number of benzene rings is 4. The van der Waals surface area contributed by atoms with E-state index in [1.54, 1.807) is 33.3 Å². The second-order valence-corrected chi connectivity index (χ2v) is 11.2. The number of phenols is 1. The smallest absolute Gasteiger partial charge is 0.340 e. The van der Waals surface area contributed by atoms with E-state index in [9.17, 15) is 14.7 Å². The Hall–Kier alpha value is -5.50. The topological polar surface area (TPSA) is 99.0 Å². The summed E-state index contributed by atoms with van der Waals surface area (Å²) in [5.41, 5.74) is 8.05. The van der Waals surface area contributed by atoms with Gasteiger partial charge in [0, 0.05) is 29.1 Å². The Morgan fingerprint density at radius 2 is 1.63 bits per heavy atom. The number of ether oxygens (including phenoxy) is 3. The van der Waals surface area contributed by atoms with E-state index in [2.05, 4.69) is 22.0 Å². The normalized spacial score (nSPS) is 11.7. The summed E-state index contributed by atoms with van der Waals surface area (Å²) in [6.45, 7) is 4.57. The number of phenolic OH excluding ortho intramolecular Hbond substituents is 1. The number of nitrogens with one attached hydrogen (secondary N) is 1. The van der Waals surface area contributed by atoms with E-state index in [-0.39, 0.29) is 17.9 Å². The van der Waals surface area contributed by atoms with Gasteiger partial charge in [-0.15, -0.1) is 0 Å². The van der Waals surface area contributed by atoms with E-state index >= 15 is 0 Å². The van der Waals surface area contributed by atoms with Gasteiger partial charge in [0.15, 0.2) is 11.5 Å². The minimum Gasteiger partial charge on any atom is -0.507 e. The Balaban J connectivity index is 1.40. The molecule has 1 amide bonds. The van der Waals surface area contributed by atoms with Crippen LogP contribution in [0.5, 0.6) is 17.2 Å². The first-order chi connectivity index (χ1) is 22.3. The average molecular weight is 617 g/mol. The number of methoxy groups -OCH3 is 2. The molecule has 0 spiro atoms. The molecule has 5 aromatic rings. The van der Waals surface area contributed by atoms with Crippen LogP contribution in [-0.4, -0.2) is 42.4 Å². The maximum absolute atomic E-state index is 13.7. The van der Waals surface area contributed by atoms with Crippen LogP contribution in [0.4, 0.5) is 5.69 Å². The van der Waals surface area contributed by atoms with E-state index in [4.69, 9.17) is 14.2 Å². The van der Waals surface area contributed by atoms with Gasteiger partial charge in [-0.1, -0.05) is 48.5 Å². The van der Waals surface area contributed by atoms with Crippen molar-refractivity contribution in [3.8, 4) is 39.6 Å². The largest absolute Gasteiger partial charge is 0.507 e. The number of aromatic hydroxyl groups is 1. The number of aryl methyl sites for hydroxylation is 1. The second-order valence-electron chi connectivity index (χ2n) is 11.2. The number of carbonyl (C=O) groups is 2. The minimum atomic E-state index is -0.466. The highest BCUT2D eigenvalue weighted by Crippen LogP contribution is 2.45. The molecular weight excluding hydrogens is 580 g/mol. The Labute approximate surface area is 268 Å². The number of anilines is 1. The zero-order chi connectivity index (χ0) is 32.4. The number of amides is 1. The maximum atomic E-state index is 13.7. The first kappa shape index (κ1) is 30.5. The van der Waals surface area contributed by atoms with Crippen LogP contribution in [0.2, 0.25) is 0 Å². The van der Waals surface area contributed by atoms with Gasteiger partial charge in [-0.05, 0) is 85.3 Å². The highest BCUT2D eigenvalue weighted by molar-refractivity contribution is 6.09. The summed E-state index contributed by atoms with van der Waals surface area (Å²) in [5, 5.41) is 13.8.